The van der Waals surface area contributed by atoms with E-state index in [0.29, 0.717) is 13.0 Å². The topological polar surface area (TPSA) is 80.9 Å². The highest BCUT2D eigenvalue weighted by atomic mass is 32.2. The molecular weight excluding hydrogens is 292 g/mol. The van der Waals surface area contributed by atoms with Gasteiger partial charge in [0.2, 0.25) is 5.91 Å². The van der Waals surface area contributed by atoms with E-state index in [1.807, 2.05) is 32.0 Å². The van der Waals surface area contributed by atoms with E-state index in [1.54, 1.807) is 23.1 Å². The van der Waals surface area contributed by atoms with E-state index in [9.17, 15) is 4.79 Å². The Morgan fingerprint density at radius 2 is 2.20 bits per heavy atom. The maximum absolute atomic E-state index is 11.5. The van der Waals surface area contributed by atoms with Gasteiger partial charge in [0.25, 0.3) is 0 Å². The van der Waals surface area contributed by atoms with Crippen molar-refractivity contribution in [2.75, 3.05) is 11.9 Å². The molecule has 106 valence electrons. The number of nitrogens with zero attached hydrogens (tertiary/aromatic N) is 2. The molecule has 7 heteroatoms. The number of carbonyl (C=O) groups is 1. The van der Waals surface area contributed by atoms with E-state index in [4.69, 9.17) is 5.73 Å². The van der Waals surface area contributed by atoms with E-state index in [2.05, 4.69) is 15.5 Å². The molecule has 0 bridgehead atoms. The normalized spacial score (nSPS) is 10.6. The Balaban J connectivity index is 2.07. The first-order valence-corrected chi connectivity index (χ1v) is 7.80. The molecule has 20 heavy (non-hydrogen) atoms. The first-order chi connectivity index (χ1) is 9.58. The Morgan fingerprint density at radius 3 is 2.80 bits per heavy atom. The van der Waals surface area contributed by atoms with Gasteiger partial charge in [-0.05, 0) is 37.6 Å². The molecule has 0 aliphatic heterocycles. The van der Waals surface area contributed by atoms with Crippen LogP contribution in [0.3, 0.4) is 0 Å². The summed E-state index contributed by atoms with van der Waals surface area (Å²) in [5.41, 5.74) is 7.19. The number of amides is 1. The Bertz CT molecular complexity index is 612. The van der Waals surface area contributed by atoms with E-state index in [1.165, 1.54) is 0 Å². The first-order valence-electron chi connectivity index (χ1n) is 6.17. The van der Waals surface area contributed by atoms with E-state index in [0.717, 1.165) is 25.5 Å². The van der Waals surface area contributed by atoms with Gasteiger partial charge in [-0.25, -0.2) is 0 Å². The number of rotatable bonds is 5. The van der Waals surface area contributed by atoms with Crippen molar-refractivity contribution in [1.29, 1.82) is 0 Å². The summed E-state index contributed by atoms with van der Waals surface area (Å²) in [5, 5.41) is 11.9. The second kappa shape index (κ2) is 6.83. The zero-order chi connectivity index (χ0) is 14.5. The molecule has 0 saturated heterocycles. The molecule has 0 aliphatic rings. The Morgan fingerprint density at radius 1 is 1.40 bits per heavy atom. The molecule has 0 radical (unpaired) electrons. The van der Waals surface area contributed by atoms with Gasteiger partial charge in [-0.3, -0.25) is 4.79 Å². The number of anilines is 1. The molecule has 0 unspecified atom stereocenters. The third-order valence-electron chi connectivity index (χ3n) is 2.56. The average Bonchev–Trinajstić information content (AvgIpc) is 2.78. The van der Waals surface area contributed by atoms with Crippen LogP contribution in [0.4, 0.5) is 5.69 Å². The summed E-state index contributed by atoms with van der Waals surface area (Å²) in [5.74, 6) is -0.0595. The molecule has 2 rings (SSSR count). The van der Waals surface area contributed by atoms with Gasteiger partial charge in [0.15, 0.2) is 4.34 Å². The molecule has 1 heterocycles. The van der Waals surface area contributed by atoms with Crippen LogP contribution < -0.4 is 11.1 Å². The fourth-order valence-electron chi connectivity index (χ4n) is 1.60. The molecule has 0 fully saturated rings. The zero-order valence-electron chi connectivity index (χ0n) is 11.3. The highest BCUT2D eigenvalue weighted by Gasteiger charge is 2.07. The largest absolute Gasteiger partial charge is 0.330 e. The summed E-state index contributed by atoms with van der Waals surface area (Å²) in [6, 6.07) is 5.89. The van der Waals surface area contributed by atoms with Crippen LogP contribution in [0.2, 0.25) is 0 Å². The van der Waals surface area contributed by atoms with Gasteiger partial charge in [0.1, 0.15) is 5.01 Å². The quantitative estimate of drug-likeness (QED) is 0.887. The predicted molar refractivity (Wildman–Crippen MR) is 82.2 cm³/mol. The smallest absolute Gasteiger partial charge is 0.225 e. The van der Waals surface area contributed by atoms with Gasteiger partial charge >= 0.3 is 0 Å². The lowest BCUT2D eigenvalue weighted by atomic mass is 10.2. The third-order valence-corrected chi connectivity index (χ3v) is 4.44. The fourth-order valence-corrected chi connectivity index (χ4v) is 3.49. The zero-order valence-corrected chi connectivity index (χ0v) is 13.0. The maximum atomic E-state index is 11.5. The number of hydrogen-bond acceptors (Lipinski definition) is 6. The van der Waals surface area contributed by atoms with Gasteiger partial charge in [0.05, 0.1) is 0 Å². The van der Waals surface area contributed by atoms with Gasteiger partial charge < -0.3 is 11.1 Å². The van der Waals surface area contributed by atoms with Crippen molar-refractivity contribution >= 4 is 34.7 Å². The molecule has 0 saturated carbocycles. The maximum Gasteiger partial charge on any atom is 0.225 e. The Hall–Kier alpha value is -1.44. The number of aromatic nitrogens is 2. The molecular formula is C13H16N4OS2. The highest BCUT2D eigenvalue weighted by Crippen LogP contribution is 2.32. The minimum atomic E-state index is -0.0595. The second-order valence-corrected chi connectivity index (χ2v) is 6.75. The van der Waals surface area contributed by atoms with Crippen LogP contribution in [0.5, 0.6) is 0 Å². The van der Waals surface area contributed by atoms with Gasteiger partial charge in [-0.15, -0.1) is 10.2 Å². The lowest BCUT2D eigenvalue weighted by Crippen LogP contribution is -2.16. The van der Waals surface area contributed by atoms with Crippen molar-refractivity contribution in [3.8, 4) is 0 Å². The van der Waals surface area contributed by atoms with Crippen LogP contribution in [-0.4, -0.2) is 22.6 Å². The standard InChI is InChI=1S/C13H16N4OS2/c1-8-7-10(20-13-17-16-9(2)19-13)3-4-11(8)15-12(18)5-6-14/h3-4,7H,5-6,14H2,1-2H3,(H,15,18). The monoisotopic (exact) mass is 308 g/mol. The predicted octanol–water partition coefficient (Wildman–Crippen LogP) is 2.59. The van der Waals surface area contributed by atoms with Crippen LogP contribution in [0.15, 0.2) is 27.4 Å². The van der Waals surface area contributed by atoms with Gasteiger partial charge in [-0.2, -0.15) is 0 Å². The highest BCUT2D eigenvalue weighted by molar-refractivity contribution is 8.01. The van der Waals surface area contributed by atoms with Gasteiger partial charge in [0, 0.05) is 23.5 Å². The molecule has 1 aromatic heterocycles. The third kappa shape index (κ3) is 4.03. The molecule has 5 nitrogen and oxygen atoms in total. The van der Waals surface area contributed by atoms with Crippen molar-refractivity contribution in [3.05, 3.63) is 28.8 Å². The Labute approximate surface area is 126 Å². The SMILES string of the molecule is Cc1nnc(Sc2ccc(NC(=O)CCN)c(C)c2)s1. The summed E-state index contributed by atoms with van der Waals surface area (Å²) in [7, 11) is 0. The number of aryl methyl sites for hydroxylation is 2. The summed E-state index contributed by atoms with van der Waals surface area (Å²) < 4.78 is 0.918. The molecule has 1 amide bonds. The molecule has 0 spiro atoms. The number of carbonyl (C=O) groups excluding carboxylic acids is 1. The van der Waals surface area contributed by atoms with Crippen molar-refractivity contribution in [1.82, 2.24) is 10.2 Å². The summed E-state index contributed by atoms with van der Waals surface area (Å²) >= 11 is 3.14. The Kier molecular flexibility index (Phi) is 5.11. The van der Waals surface area contributed by atoms with Crippen molar-refractivity contribution in [2.24, 2.45) is 5.73 Å². The molecule has 0 atom stereocenters. The number of nitrogens with one attached hydrogen (secondary N) is 1. The summed E-state index contributed by atoms with van der Waals surface area (Å²) in [6.45, 7) is 4.26. The summed E-state index contributed by atoms with van der Waals surface area (Å²) in [6.07, 6.45) is 0.333. The number of hydrogen-bond donors (Lipinski definition) is 2. The lowest BCUT2D eigenvalue weighted by Gasteiger charge is -2.09. The number of benzene rings is 1. The number of nitrogens with two attached hydrogens (primary N) is 1. The van der Waals surface area contributed by atoms with Crippen LogP contribution in [-0.2, 0) is 4.79 Å². The first kappa shape index (κ1) is 15.0. The molecule has 0 aliphatic carbocycles. The van der Waals surface area contributed by atoms with Crippen LogP contribution in [0.1, 0.15) is 17.0 Å². The lowest BCUT2D eigenvalue weighted by molar-refractivity contribution is -0.116. The minimum Gasteiger partial charge on any atom is -0.330 e. The molecule has 1 aromatic carbocycles. The van der Waals surface area contributed by atoms with Gasteiger partial charge in [-0.1, -0.05) is 23.1 Å². The van der Waals surface area contributed by atoms with Crippen LogP contribution in [0.25, 0.3) is 0 Å². The fraction of sp³-hybridized carbons (Fsp3) is 0.308. The summed E-state index contributed by atoms with van der Waals surface area (Å²) in [4.78, 5) is 12.6. The van der Waals surface area contributed by atoms with Crippen molar-refractivity contribution < 1.29 is 4.79 Å². The molecule has 3 N–H and O–H groups in total. The van der Waals surface area contributed by atoms with Crippen molar-refractivity contribution in [3.63, 3.8) is 0 Å². The minimum absolute atomic E-state index is 0.0595. The van der Waals surface area contributed by atoms with Crippen LogP contribution >= 0.6 is 23.1 Å². The molecule has 2 aromatic rings. The van der Waals surface area contributed by atoms with E-state index >= 15 is 0 Å². The van der Waals surface area contributed by atoms with E-state index < -0.39 is 0 Å². The van der Waals surface area contributed by atoms with E-state index in [-0.39, 0.29) is 5.91 Å². The average molecular weight is 308 g/mol. The van der Waals surface area contributed by atoms with Crippen molar-refractivity contribution in [2.45, 2.75) is 29.5 Å². The van der Waals surface area contributed by atoms with Crippen LogP contribution in [0, 0.1) is 13.8 Å². The second-order valence-electron chi connectivity index (χ2n) is 4.25.